The smallest absolute Gasteiger partial charge is 0.145 e. The molecule has 0 spiro atoms. The van der Waals surface area contributed by atoms with Crippen LogP contribution in [0.1, 0.15) is 5.01 Å². The van der Waals surface area contributed by atoms with Gasteiger partial charge in [-0.05, 0) is 18.2 Å². The van der Waals surface area contributed by atoms with Crippen LogP contribution in [0.5, 0.6) is 0 Å². The summed E-state index contributed by atoms with van der Waals surface area (Å²) in [5, 5.41) is 3.91. The highest BCUT2D eigenvalue weighted by Crippen LogP contribution is 2.26. The largest absolute Gasteiger partial charge is 0.378 e. The summed E-state index contributed by atoms with van der Waals surface area (Å²) in [4.78, 5) is 4.24. The van der Waals surface area contributed by atoms with Gasteiger partial charge >= 0.3 is 0 Å². The SMILES string of the molecule is Fc1cc(F)c2sc(CNc3cccc(Br)c3)nc2c1. The lowest BCUT2D eigenvalue weighted by Gasteiger charge is -2.03. The van der Waals surface area contributed by atoms with Crippen LogP contribution in [0, 0.1) is 11.6 Å². The number of benzene rings is 2. The van der Waals surface area contributed by atoms with Gasteiger partial charge in [0, 0.05) is 22.3 Å². The molecule has 0 saturated carbocycles. The maximum Gasteiger partial charge on any atom is 0.145 e. The summed E-state index contributed by atoms with van der Waals surface area (Å²) in [6.07, 6.45) is 0. The van der Waals surface area contributed by atoms with Crippen molar-refractivity contribution in [3.63, 3.8) is 0 Å². The average Bonchev–Trinajstić information content (AvgIpc) is 2.80. The summed E-state index contributed by atoms with van der Waals surface area (Å²) in [7, 11) is 0. The topological polar surface area (TPSA) is 24.9 Å². The normalized spacial score (nSPS) is 10.9. The molecule has 0 aliphatic rings. The Hall–Kier alpha value is -1.53. The third-order valence-corrected chi connectivity index (χ3v) is 4.29. The van der Waals surface area contributed by atoms with Crippen LogP contribution in [0.15, 0.2) is 40.9 Å². The molecule has 0 bridgehead atoms. The molecule has 3 rings (SSSR count). The molecule has 2 aromatic carbocycles. The lowest BCUT2D eigenvalue weighted by Crippen LogP contribution is -1.98. The van der Waals surface area contributed by atoms with E-state index in [9.17, 15) is 8.78 Å². The van der Waals surface area contributed by atoms with E-state index in [1.807, 2.05) is 24.3 Å². The van der Waals surface area contributed by atoms with Crippen molar-refractivity contribution >= 4 is 43.2 Å². The van der Waals surface area contributed by atoms with Crippen molar-refractivity contribution in [3.05, 3.63) is 57.5 Å². The first-order valence-electron chi connectivity index (χ1n) is 5.86. The quantitative estimate of drug-likeness (QED) is 0.719. The van der Waals surface area contributed by atoms with E-state index in [1.165, 1.54) is 17.4 Å². The first-order valence-corrected chi connectivity index (χ1v) is 7.47. The fourth-order valence-corrected chi connectivity index (χ4v) is 3.15. The molecule has 3 aromatic rings. The molecule has 0 saturated heterocycles. The number of hydrogen-bond acceptors (Lipinski definition) is 3. The molecule has 0 atom stereocenters. The summed E-state index contributed by atoms with van der Waals surface area (Å²) in [5.74, 6) is -1.17. The van der Waals surface area contributed by atoms with Gasteiger partial charge in [-0.25, -0.2) is 13.8 Å². The molecule has 20 heavy (non-hydrogen) atoms. The van der Waals surface area contributed by atoms with Crippen LogP contribution in [-0.2, 0) is 6.54 Å². The predicted octanol–water partition coefficient (Wildman–Crippen LogP) is 4.95. The summed E-state index contributed by atoms with van der Waals surface area (Å²) in [5.41, 5.74) is 1.30. The van der Waals surface area contributed by atoms with Gasteiger partial charge in [0.05, 0.1) is 16.8 Å². The van der Waals surface area contributed by atoms with Crippen LogP contribution in [0.3, 0.4) is 0 Å². The van der Waals surface area contributed by atoms with Crippen LogP contribution < -0.4 is 5.32 Å². The maximum absolute atomic E-state index is 13.6. The highest BCUT2D eigenvalue weighted by atomic mass is 79.9. The van der Waals surface area contributed by atoms with Gasteiger partial charge in [-0.2, -0.15) is 0 Å². The van der Waals surface area contributed by atoms with E-state index >= 15 is 0 Å². The van der Waals surface area contributed by atoms with E-state index in [4.69, 9.17) is 0 Å². The lowest BCUT2D eigenvalue weighted by molar-refractivity contribution is 0.593. The second kappa shape index (κ2) is 5.46. The van der Waals surface area contributed by atoms with Crippen molar-refractivity contribution in [3.8, 4) is 0 Å². The van der Waals surface area contributed by atoms with Gasteiger partial charge in [-0.15, -0.1) is 11.3 Å². The third kappa shape index (κ3) is 2.81. The van der Waals surface area contributed by atoms with Crippen LogP contribution >= 0.6 is 27.3 Å². The highest BCUT2D eigenvalue weighted by Gasteiger charge is 2.10. The van der Waals surface area contributed by atoms with Gasteiger partial charge in [0.1, 0.15) is 16.6 Å². The molecule has 0 radical (unpaired) electrons. The fourth-order valence-electron chi connectivity index (χ4n) is 1.86. The second-order valence-electron chi connectivity index (χ2n) is 4.21. The molecule has 2 nitrogen and oxygen atoms in total. The summed E-state index contributed by atoms with van der Waals surface area (Å²) < 4.78 is 28.0. The minimum absolute atomic E-state index is 0.360. The zero-order valence-electron chi connectivity index (χ0n) is 10.2. The van der Waals surface area contributed by atoms with Crippen molar-refractivity contribution < 1.29 is 8.78 Å². The Morgan fingerprint density at radius 2 is 2.05 bits per heavy atom. The zero-order chi connectivity index (χ0) is 14.1. The molecule has 0 unspecified atom stereocenters. The Labute approximate surface area is 126 Å². The van der Waals surface area contributed by atoms with Crippen molar-refractivity contribution in [1.82, 2.24) is 4.98 Å². The minimum Gasteiger partial charge on any atom is -0.378 e. The van der Waals surface area contributed by atoms with Crippen LogP contribution in [0.2, 0.25) is 0 Å². The molecule has 6 heteroatoms. The van der Waals surface area contributed by atoms with E-state index in [2.05, 4.69) is 26.2 Å². The highest BCUT2D eigenvalue weighted by molar-refractivity contribution is 9.10. The third-order valence-electron chi connectivity index (χ3n) is 2.72. The number of halogens is 3. The lowest BCUT2D eigenvalue weighted by atomic mass is 10.3. The van der Waals surface area contributed by atoms with E-state index in [0.717, 1.165) is 16.2 Å². The Morgan fingerprint density at radius 1 is 1.20 bits per heavy atom. The minimum atomic E-state index is -0.605. The fraction of sp³-hybridized carbons (Fsp3) is 0.0714. The number of hydrogen-bond donors (Lipinski definition) is 1. The van der Waals surface area contributed by atoms with Gasteiger partial charge in [-0.3, -0.25) is 0 Å². The van der Waals surface area contributed by atoms with Crippen LogP contribution in [0.4, 0.5) is 14.5 Å². The number of fused-ring (bicyclic) bond motifs is 1. The molecule has 0 fully saturated rings. The van der Waals surface area contributed by atoms with Gasteiger partial charge < -0.3 is 5.32 Å². The number of nitrogens with one attached hydrogen (secondary N) is 1. The van der Waals surface area contributed by atoms with Gasteiger partial charge in [0.2, 0.25) is 0 Å². The maximum atomic E-state index is 13.6. The molecule has 1 heterocycles. The number of nitrogens with zero attached hydrogens (tertiary/aromatic N) is 1. The summed E-state index contributed by atoms with van der Waals surface area (Å²) in [6.45, 7) is 0.469. The first kappa shape index (κ1) is 13.5. The predicted molar refractivity (Wildman–Crippen MR) is 81.0 cm³/mol. The van der Waals surface area contributed by atoms with Gasteiger partial charge in [0.15, 0.2) is 0 Å². The van der Waals surface area contributed by atoms with E-state index in [0.29, 0.717) is 21.8 Å². The van der Waals surface area contributed by atoms with E-state index in [-0.39, 0.29) is 0 Å². The van der Waals surface area contributed by atoms with Crippen LogP contribution in [0.25, 0.3) is 10.2 Å². The van der Waals surface area contributed by atoms with Crippen molar-refractivity contribution in [1.29, 1.82) is 0 Å². The van der Waals surface area contributed by atoms with Gasteiger partial charge in [0.25, 0.3) is 0 Å². The van der Waals surface area contributed by atoms with Crippen molar-refractivity contribution in [2.45, 2.75) is 6.54 Å². The number of aromatic nitrogens is 1. The van der Waals surface area contributed by atoms with Crippen molar-refractivity contribution in [2.75, 3.05) is 5.32 Å². The number of anilines is 1. The second-order valence-corrected chi connectivity index (χ2v) is 6.21. The molecule has 102 valence electrons. The standard InChI is InChI=1S/C14H9BrF2N2S/c15-8-2-1-3-10(4-8)18-7-13-19-12-6-9(16)5-11(17)14(12)20-13/h1-6,18H,7H2. The Bertz CT molecular complexity index is 773. The average molecular weight is 355 g/mol. The Kier molecular flexibility index (Phi) is 3.67. The first-order chi connectivity index (χ1) is 9.61. The summed E-state index contributed by atoms with van der Waals surface area (Å²) >= 11 is 4.62. The summed E-state index contributed by atoms with van der Waals surface area (Å²) in [6, 6.07) is 9.84. The van der Waals surface area contributed by atoms with Crippen molar-refractivity contribution in [2.24, 2.45) is 0 Å². The monoisotopic (exact) mass is 354 g/mol. The zero-order valence-corrected chi connectivity index (χ0v) is 12.6. The van der Waals surface area contributed by atoms with Gasteiger partial charge in [-0.1, -0.05) is 22.0 Å². The molecule has 1 aromatic heterocycles. The molecule has 0 aliphatic heterocycles. The molecule has 0 aliphatic carbocycles. The molecular formula is C14H9BrF2N2S. The number of rotatable bonds is 3. The van der Waals surface area contributed by atoms with Crippen LogP contribution in [-0.4, -0.2) is 4.98 Å². The van der Waals surface area contributed by atoms with E-state index in [1.54, 1.807) is 0 Å². The molecule has 1 N–H and O–H groups in total. The van der Waals surface area contributed by atoms with E-state index < -0.39 is 11.6 Å². The Morgan fingerprint density at radius 3 is 2.85 bits per heavy atom. The molecular weight excluding hydrogens is 346 g/mol. The molecule has 0 amide bonds. The Balaban J connectivity index is 1.83. The number of thiazole rings is 1.